The van der Waals surface area contributed by atoms with Crippen molar-refractivity contribution < 1.29 is 4.74 Å². The molecule has 0 unspecified atom stereocenters. The molecule has 1 saturated heterocycles. The Labute approximate surface area is 170 Å². The van der Waals surface area contributed by atoms with Gasteiger partial charge in [0.25, 0.3) is 5.56 Å². The average molecular weight is 390 g/mol. The van der Waals surface area contributed by atoms with Crippen molar-refractivity contribution in [2.45, 2.75) is 25.8 Å². The van der Waals surface area contributed by atoms with Gasteiger partial charge >= 0.3 is 0 Å². The Morgan fingerprint density at radius 3 is 2.45 bits per heavy atom. The van der Waals surface area contributed by atoms with Crippen molar-refractivity contribution in [1.82, 2.24) is 14.9 Å². The highest BCUT2D eigenvalue weighted by atomic mass is 16.5. The molecular formula is C23H26N4O2. The van der Waals surface area contributed by atoms with Gasteiger partial charge in [-0.25, -0.2) is 4.98 Å². The third kappa shape index (κ3) is 5.03. The number of hydrogen-bond donors (Lipinski definition) is 2. The quantitative estimate of drug-likeness (QED) is 0.661. The Morgan fingerprint density at radius 1 is 1.03 bits per heavy atom. The van der Waals surface area contributed by atoms with E-state index < -0.39 is 0 Å². The number of aromatic nitrogens is 2. The van der Waals surface area contributed by atoms with Gasteiger partial charge in [0, 0.05) is 23.9 Å². The van der Waals surface area contributed by atoms with Crippen LogP contribution in [-0.2, 0) is 6.54 Å². The van der Waals surface area contributed by atoms with Crippen LogP contribution in [0.4, 0.5) is 11.6 Å². The monoisotopic (exact) mass is 390 g/mol. The number of benzene rings is 2. The highest BCUT2D eigenvalue weighted by Crippen LogP contribution is 2.22. The number of H-pyrrole nitrogens is 1. The van der Waals surface area contributed by atoms with Crippen LogP contribution in [0.15, 0.2) is 59.4 Å². The van der Waals surface area contributed by atoms with E-state index in [0.29, 0.717) is 11.6 Å². The van der Waals surface area contributed by atoms with Gasteiger partial charge in [-0.15, -0.1) is 0 Å². The molecule has 2 N–H and O–H groups in total. The number of likely N-dealkylation sites (tertiary alicyclic amines) is 1. The summed E-state index contributed by atoms with van der Waals surface area (Å²) in [5.41, 5.74) is 3.46. The lowest BCUT2D eigenvalue weighted by Gasteiger charge is -2.26. The van der Waals surface area contributed by atoms with Crippen LogP contribution in [0.3, 0.4) is 0 Å². The van der Waals surface area contributed by atoms with Crippen LogP contribution in [0.2, 0.25) is 0 Å². The SMILES string of the molecule is COc1ccc(-c2cc(=O)[nH]c(Nc3ccc(CN4CCCCC4)cc3)n2)cc1. The molecule has 0 atom stereocenters. The molecular weight excluding hydrogens is 364 g/mol. The molecule has 4 rings (SSSR count). The summed E-state index contributed by atoms with van der Waals surface area (Å²) in [6, 6.07) is 17.3. The molecule has 0 bridgehead atoms. The largest absolute Gasteiger partial charge is 0.497 e. The van der Waals surface area contributed by atoms with E-state index in [1.165, 1.54) is 44.0 Å². The summed E-state index contributed by atoms with van der Waals surface area (Å²) >= 11 is 0. The van der Waals surface area contributed by atoms with Crippen molar-refractivity contribution in [3.05, 3.63) is 70.5 Å². The van der Waals surface area contributed by atoms with Gasteiger partial charge in [0.2, 0.25) is 5.95 Å². The summed E-state index contributed by atoms with van der Waals surface area (Å²) in [5, 5.41) is 3.20. The number of nitrogens with one attached hydrogen (secondary N) is 2. The van der Waals surface area contributed by atoms with Gasteiger partial charge in [-0.05, 0) is 67.9 Å². The molecule has 1 aliphatic rings. The maximum absolute atomic E-state index is 12.1. The van der Waals surface area contributed by atoms with E-state index in [9.17, 15) is 4.79 Å². The fourth-order valence-corrected chi connectivity index (χ4v) is 3.63. The van der Waals surface area contributed by atoms with Gasteiger partial charge in [0.1, 0.15) is 5.75 Å². The first-order chi connectivity index (χ1) is 14.2. The number of methoxy groups -OCH3 is 1. The second kappa shape index (κ2) is 8.92. The molecule has 6 nitrogen and oxygen atoms in total. The van der Waals surface area contributed by atoms with Crippen molar-refractivity contribution in [3.63, 3.8) is 0 Å². The van der Waals surface area contributed by atoms with E-state index in [0.717, 1.165) is 23.5 Å². The number of rotatable bonds is 6. The van der Waals surface area contributed by atoms with Gasteiger partial charge in [-0.3, -0.25) is 14.7 Å². The van der Waals surface area contributed by atoms with E-state index in [1.54, 1.807) is 7.11 Å². The van der Waals surface area contributed by atoms with Crippen molar-refractivity contribution in [1.29, 1.82) is 0 Å². The summed E-state index contributed by atoms with van der Waals surface area (Å²) < 4.78 is 5.19. The number of ether oxygens (including phenoxy) is 1. The molecule has 0 radical (unpaired) electrons. The fourth-order valence-electron chi connectivity index (χ4n) is 3.63. The summed E-state index contributed by atoms with van der Waals surface area (Å²) in [6.07, 6.45) is 3.94. The minimum atomic E-state index is -0.199. The van der Waals surface area contributed by atoms with Gasteiger partial charge < -0.3 is 10.1 Å². The summed E-state index contributed by atoms with van der Waals surface area (Å²) in [5.74, 6) is 1.19. The highest BCUT2D eigenvalue weighted by molar-refractivity contribution is 5.62. The molecule has 1 fully saturated rings. The summed E-state index contributed by atoms with van der Waals surface area (Å²) in [7, 11) is 1.63. The minimum absolute atomic E-state index is 0.199. The van der Waals surface area contributed by atoms with Crippen molar-refractivity contribution in [2.75, 3.05) is 25.5 Å². The normalized spacial score (nSPS) is 14.5. The lowest BCUT2D eigenvalue weighted by molar-refractivity contribution is 0.221. The van der Waals surface area contributed by atoms with E-state index in [2.05, 4.69) is 32.3 Å². The van der Waals surface area contributed by atoms with Gasteiger partial charge in [-0.2, -0.15) is 0 Å². The molecule has 150 valence electrons. The molecule has 0 saturated carbocycles. The van der Waals surface area contributed by atoms with Crippen molar-refractivity contribution in [2.24, 2.45) is 0 Å². The number of aromatic amines is 1. The zero-order valence-electron chi connectivity index (χ0n) is 16.6. The lowest BCUT2D eigenvalue weighted by Crippen LogP contribution is -2.29. The molecule has 0 amide bonds. The Hall–Kier alpha value is -3.12. The molecule has 1 aromatic heterocycles. The Morgan fingerprint density at radius 2 is 1.76 bits per heavy atom. The third-order valence-corrected chi connectivity index (χ3v) is 5.20. The Balaban J connectivity index is 1.47. The molecule has 0 spiro atoms. The average Bonchev–Trinajstić information content (AvgIpc) is 2.75. The standard InChI is InChI=1S/C23H26N4O2/c1-29-20-11-7-18(8-12-20)21-15-22(28)26-23(25-21)24-19-9-5-17(6-10-19)16-27-13-3-2-4-14-27/h5-12,15H,2-4,13-14,16H2,1H3,(H2,24,25,26,28). The van der Waals surface area contributed by atoms with Crippen LogP contribution in [0.1, 0.15) is 24.8 Å². The third-order valence-electron chi connectivity index (χ3n) is 5.20. The minimum Gasteiger partial charge on any atom is -0.497 e. The van der Waals surface area contributed by atoms with Crippen molar-refractivity contribution >= 4 is 11.6 Å². The van der Waals surface area contributed by atoms with Crippen LogP contribution < -0.4 is 15.6 Å². The van der Waals surface area contributed by atoms with E-state index >= 15 is 0 Å². The van der Waals surface area contributed by atoms with E-state index in [-0.39, 0.29) is 5.56 Å². The van der Waals surface area contributed by atoms with Crippen LogP contribution in [0, 0.1) is 0 Å². The maximum atomic E-state index is 12.1. The lowest BCUT2D eigenvalue weighted by atomic mass is 10.1. The molecule has 6 heteroatoms. The van der Waals surface area contributed by atoms with Gasteiger partial charge in [0.15, 0.2) is 0 Å². The predicted octanol–water partition coefficient (Wildman–Crippen LogP) is 4.18. The summed E-state index contributed by atoms with van der Waals surface area (Å²) in [6.45, 7) is 3.36. The second-order valence-electron chi connectivity index (χ2n) is 7.37. The Bertz CT molecular complexity index is 991. The predicted molar refractivity (Wildman–Crippen MR) is 116 cm³/mol. The van der Waals surface area contributed by atoms with Crippen molar-refractivity contribution in [3.8, 4) is 17.0 Å². The molecule has 3 aromatic rings. The molecule has 29 heavy (non-hydrogen) atoms. The molecule has 1 aliphatic heterocycles. The molecule has 2 heterocycles. The first-order valence-corrected chi connectivity index (χ1v) is 10.0. The number of anilines is 2. The second-order valence-corrected chi connectivity index (χ2v) is 7.37. The maximum Gasteiger partial charge on any atom is 0.252 e. The topological polar surface area (TPSA) is 70.2 Å². The zero-order valence-corrected chi connectivity index (χ0v) is 16.6. The molecule has 2 aromatic carbocycles. The van der Waals surface area contributed by atoms with Crippen LogP contribution in [0.5, 0.6) is 5.75 Å². The smallest absolute Gasteiger partial charge is 0.252 e. The van der Waals surface area contributed by atoms with Crippen LogP contribution in [0.25, 0.3) is 11.3 Å². The zero-order chi connectivity index (χ0) is 20.1. The summed E-state index contributed by atoms with van der Waals surface area (Å²) in [4.78, 5) is 21.9. The van der Waals surface area contributed by atoms with Gasteiger partial charge in [0.05, 0.1) is 12.8 Å². The highest BCUT2D eigenvalue weighted by Gasteiger charge is 2.10. The molecule has 0 aliphatic carbocycles. The number of piperidine rings is 1. The number of nitrogens with zero attached hydrogens (tertiary/aromatic N) is 2. The number of hydrogen-bond acceptors (Lipinski definition) is 5. The first-order valence-electron chi connectivity index (χ1n) is 10.0. The van der Waals surface area contributed by atoms with E-state index in [1.807, 2.05) is 36.4 Å². The first kappa shape index (κ1) is 19.2. The van der Waals surface area contributed by atoms with E-state index in [4.69, 9.17) is 4.74 Å². The van der Waals surface area contributed by atoms with Crippen LogP contribution in [-0.4, -0.2) is 35.1 Å². The van der Waals surface area contributed by atoms with Crippen LogP contribution >= 0.6 is 0 Å². The Kier molecular flexibility index (Phi) is 5.91. The fraction of sp³-hybridized carbons (Fsp3) is 0.304. The van der Waals surface area contributed by atoms with Gasteiger partial charge in [-0.1, -0.05) is 18.6 Å².